The van der Waals surface area contributed by atoms with Crippen molar-refractivity contribution in [3.05, 3.63) is 30.3 Å². The Morgan fingerprint density at radius 3 is 2.33 bits per heavy atom. The highest BCUT2D eigenvalue weighted by atomic mass is 32.2. The van der Waals surface area contributed by atoms with Gasteiger partial charge in [-0.1, -0.05) is 32.0 Å². The summed E-state index contributed by atoms with van der Waals surface area (Å²) < 4.78 is 5.12. The van der Waals surface area contributed by atoms with Gasteiger partial charge in [0.25, 0.3) is 0 Å². The summed E-state index contributed by atoms with van der Waals surface area (Å²) in [4.78, 5) is 25.2. The predicted octanol–water partition coefficient (Wildman–Crippen LogP) is 3.44. The van der Waals surface area contributed by atoms with Gasteiger partial charge < -0.3 is 10.1 Å². The molecule has 1 atom stereocenters. The fraction of sp³-hybridized carbons (Fsp3) is 0.556. The van der Waals surface area contributed by atoms with Crippen molar-refractivity contribution >= 4 is 23.8 Å². The van der Waals surface area contributed by atoms with E-state index in [1.54, 1.807) is 32.5 Å². The quantitative estimate of drug-likeness (QED) is 0.581. The Bertz CT molecular complexity index is 527. The second kappa shape index (κ2) is 9.69. The van der Waals surface area contributed by atoms with Gasteiger partial charge in [-0.2, -0.15) is 0 Å². The smallest absolute Gasteiger partial charge is 0.414 e. The highest BCUT2D eigenvalue weighted by Crippen LogP contribution is 2.16. The van der Waals surface area contributed by atoms with Crippen molar-refractivity contribution in [2.45, 2.75) is 51.2 Å². The van der Waals surface area contributed by atoms with E-state index in [0.717, 1.165) is 5.75 Å². The molecule has 1 aromatic carbocycles. The Kier molecular flexibility index (Phi) is 8.28. The van der Waals surface area contributed by atoms with E-state index in [1.807, 2.05) is 32.0 Å². The molecule has 0 bridgehead atoms. The number of alkyl carbamates (subject to hydrolysis) is 1. The van der Waals surface area contributed by atoms with Gasteiger partial charge in [-0.25, -0.2) is 4.79 Å². The molecular weight excluding hydrogens is 324 g/mol. The number of carbonyl (C=O) groups excluding carboxylic acids is 2. The minimum atomic E-state index is -0.710. The van der Waals surface area contributed by atoms with Crippen molar-refractivity contribution < 1.29 is 14.3 Å². The van der Waals surface area contributed by atoms with Crippen LogP contribution in [-0.4, -0.2) is 35.9 Å². The van der Waals surface area contributed by atoms with Crippen molar-refractivity contribution in [3.63, 3.8) is 0 Å². The molecule has 0 aliphatic rings. The van der Waals surface area contributed by atoms with Gasteiger partial charge in [0.2, 0.25) is 5.91 Å². The molecule has 2 N–H and O–H groups in total. The van der Waals surface area contributed by atoms with Gasteiger partial charge in [0.1, 0.15) is 5.60 Å². The fourth-order valence-electron chi connectivity index (χ4n) is 2.01. The number of ether oxygens (including phenoxy) is 1. The largest absolute Gasteiger partial charge is 0.444 e. The lowest BCUT2D eigenvalue weighted by Gasteiger charge is -2.23. The number of nitrogens with one attached hydrogen (secondary N) is 2. The summed E-state index contributed by atoms with van der Waals surface area (Å²) in [6, 6.07) is 9.66. The number of hydrogen-bond acceptors (Lipinski definition) is 5. The topological polar surface area (TPSA) is 67.4 Å². The number of carbonyl (C=O) groups is 2. The lowest BCUT2D eigenvalue weighted by Crippen LogP contribution is -2.50. The average Bonchev–Trinajstić information content (AvgIpc) is 2.45. The number of hydrogen-bond donors (Lipinski definition) is 2. The zero-order valence-electron chi connectivity index (χ0n) is 15.1. The van der Waals surface area contributed by atoms with Crippen LogP contribution in [0.3, 0.4) is 0 Å². The summed E-state index contributed by atoms with van der Waals surface area (Å²) in [5.74, 6) is 0.547. The van der Waals surface area contributed by atoms with E-state index in [2.05, 4.69) is 22.8 Å². The number of benzene rings is 1. The third-order valence-electron chi connectivity index (χ3n) is 3.05. The summed E-state index contributed by atoms with van der Waals surface area (Å²) in [7, 11) is 0. The molecule has 6 heteroatoms. The zero-order valence-corrected chi connectivity index (χ0v) is 15.9. The molecule has 1 rings (SSSR count). The minimum Gasteiger partial charge on any atom is -0.444 e. The molecule has 134 valence electrons. The molecule has 0 heterocycles. The molecule has 0 unspecified atom stereocenters. The minimum absolute atomic E-state index is 0.0640. The summed E-state index contributed by atoms with van der Waals surface area (Å²) in [5, 5.41) is 5.52. The maximum absolute atomic E-state index is 12.3. The Morgan fingerprint density at radius 2 is 1.79 bits per heavy atom. The second-order valence-corrected chi connectivity index (χ2v) is 8.00. The molecule has 0 radical (unpaired) electrons. The highest BCUT2D eigenvalue weighted by molar-refractivity contribution is 7.99. The van der Waals surface area contributed by atoms with Gasteiger partial charge in [0.15, 0.2) is 0 Å². The lowest BCUT2D eigenvalue weighted by atomic mass is 10.0. The van der Waals surface area contributed by atoms with Gasteiger partial charge in [-0.05, 0) is 38.8 Å². The number of imide groups is 1. The fourth-order valence-corrected chi connectivity index (χ4v) is 2.82. The van der Waals surface area contributed by atoms with E-state index >= 15 is 0 Å². The molecule has 24 heavy (non-hydrogen) atoms. The Hall–Kier alpha value is -1.53. The van der Waals surface area contributed by atoms with Gasteiger partial charge in [-0.15, -0.1) is 11.8 Å². The van der Waals surface area contributed by atoms with E-state index < -0.39 is 17.7 Å². The number of rotatable bonds is 7. The van der Waals surface area contributed by atoms with Gasteiger partial charge in [0.05, 0.1) is 6.04 Å². The molecule has 2 amide bonds. The third kappa shape index (κ3) is 8.36. The maximum atomic E-state index is 12.3. The molecule has 0 aliphatic carbocycles. The van der Waals surface area contributed by atoms with Crippen LogP contribution in [0.25, 0.3) is 0 Å². The molecule has 0 saturated carbocycles. The van der Waals surface area contributed by atoms with E-state index in [-0.39, 0.29) is 11.8 Å². The zero-order chi connectivity index (χ0) is 18.2. The summed E-state index contributed by atoms with van der Waals surface area (Å²) in [6.45, 7) is 9.83. The van der Waals surface area contributed by atoms with Crippen LogP contribution in [0.5, 0.6) is 0 Å². The molecule has 0 saturated heterocycles. The first kappa shape index (κ1) is 20.5. The molecule has 5 nitrogen and oxygen atoms in total. The molecule has 0 aliphatic heterocycles. The van der Waals surface area contributed by atoms with Crippen LogP contribution in [0, 0.1) is 5.92 Å². The Balaban J connectivity index is 2.42. The Morgan fingerprint density at radius 1 is 1.17 bits per heavy atom. The maximum Gasteiger partial charge on any atom is 0.414 e. The summed E-state index contributed by atoms with van der Waals surface area (Å²) in [6.07, 6.45) is -0.710. The van der Waals surface area contributed by atoms with Gasteiger partial charge in [-0.3, -0.25) is 10.1 Å². The predicted molar refractivity (Wildman–Crippen MR) is 98.2 cm³/mol. The van der Waals surface area contributed by atoms with E-state index in [9.17, 15) is 9.59 Å². The average molecular weight is 353 g/mol. The first-order chi connectivity index (χ1) is 11.2. The van der Waals surface area contributed by atoms with Crippen LogP contribution in [-0.2, 0) is 9.53 Å². The van der Waals surface area contributed by atoms with Crippen molar-refractivity contribution in [1.82, 2.24) is 10.6 Å². The van der Waals surface area contributed by atoms with Crippen molar-refractivity contribution in [1.29, 1.82) is 0 Å². The van der Waals surface area contributed by atoms with Gasteiger partial charge in [0, 0.05) is 17.2 Å². The van der Waals surface area contributed by atoms with Crippen LogP contribution in [0.4, 0.5) is 4.79 Å². The van der Waals surface area contributed by atoms with Crippen LogP contribution in [0.1, 0.15) is 34.6 Å². The molecule has 0 aromatic heterocycles. The SMILES string of the molecule is CC(C)[C@H](NCCSc1ccccc1)C(=O)NC(=O)OC(C)(C)C. The molecule has 0 fully saturated rings. The van der Waals surface area contributed by atoms with E-state index in [0.29, 0.717) is 6.54 Å². The van der Waals surface area contributed by atoms with Crippen molar-refractivity contribution in [2.75, 3.05) is 12.3 Å². The normalized spacial score (nSPS) is 12.8. The van der Waals surface area contributed by atoms with Crippen LogP contribution >= 0.6 is 11.8 Å². The second-order valence-electron chi connectivity index (χ2n) is 6.83. The monoisotopic (exact) mass is 352 g/mol. The van der Waals surface area contributed by atoms with Crippen molar-refractivity contribution in [2.24, 2.45) is 5.92 Å². The summed E-state index contributed by atoms with van der Waals surface area (Å²) in [5.41, 5.74) is -0.628. The van der Waals surface area contributed by atoms with Gasteiger partial charge >= 0.3 is 6.09 Å². The van der Waals surface area contributed by atoms with Crippen LogP contribution < -0.4 is 10.6 Å². The number of amides is 2. The van der Waals surface area contributed by atoms with E-state index in [4.69, 9.17) is 4.74 Å². The first-order valence-electron chi connectivity index (χ1n) is 8.14. The van der Waals surface area contributed by atoms with Crippen LogP contribution in [0.2, 0.25) is 0 Å². The molecular formula is C18H28N2O3S. The molecule has 0 spiro atoms. The van der Waals surface area contributed by atoms with Crippen molar-refractivity contribution in [3.8, 4) is 0 Å². The number of thioether (sulfide) groups is 1. The molecule has 1 aromatic rings. The third-order valence-corrected chi connectivity index (χ3v) is 4.07. The lowest BCUT2D eigenvalue weighted by molar-refractivity contribution is -0.123. The first-order valence-corrected chi connectivity index (χ1v) is 9.12. The van der Waals surface area contributed by atoms with E-state index in [1.165, 1.54) is 4.90 Å². The standard InChI is InChI=1S/C18H28N2O3S/c1-13(2)15(16(21)20-17(22)23-18(3,4)5)19-11-12-24-14-9-7-6-8-10-14/h6-10,13,15,19H,11-12H2,1-5H3,(H,20,21,22)/t15-/m0/s1. The van der Waals surface area contributed by atoms with Crippen LogP contribution in [0.15, 0.2) is 35.2 Å². The highest BCUT2D eigenvalue weighted by Gasteiger charge is 2.25. The Labute approximate surface area is 148 Å². The summed E-state index contributed by atoms with van der Waals surface area (Å²) >= 11 is 1.72.